The number of hydrogen-bond donors (Lipinski definition) is 2. The number of benzene rings is 1. The van der Waals surface area contributed by atoms with Gasteiger partial charge in [0.05, 0.1) is 15.5 Å². The molecule has 0 radical (unpaired) electrons. The number of primary sulfonamides is 1. The smallest absolute Gasteiger partial charge is 0.247 e. The van der Waals surface area contributed by atoms with E-state index in [1.165, 1.54) is 17.5 Å². The van der Waals surface area contributed by atoms with Crippen LogP contribution < -0.4 is 10.5 Å². The van der Waals surface area contributed by atoms with Gasteiger partial charge >= 0.3 is 0 Å². The Morgan fingerprint density at radius 1 is 0.964 bits per heavy atom. The summed E-state index contributed by atoms with van der Waals surface area (Å²) in [5.41, 5.74) is 1.83. The van der Waals surface area contributed by atoms with E-state index in [1.54, 1.807) is 18.3 Å². The minimum atomic E-state index is -3.92. The van der Waals surface area contributed by atoms with Gasteiger partial charge in [0.2, 0.25) is 19.9 Å². The van der Waals surface area contributed by atoms with Crippen LogP contribution in [0.4, 0.5) is 0 Å². The van der Waals surface area contributed by atoms with Crippen molar-refractivity contribution >= 4 is 43.6 Å². The Kier molecular flexibility index (Phi) is 7.32. The molecule has 150 valence electrons. The molecule has 3 aromatic rings. The van der Waals surface area contributed by atoms with Crippen LogP contribution in [0.1, 0.15) is 11.3 Å². The molecule has 0 amide bonds. The first-order valence-corrected chi connectivity index (χ1v) is 11.7. The van der Waals surface area contributed by atoms with E-state index in [0.717, 1.165) is 28.7 Å². The van der Waals surface area contributed by atoms with E-state index in [1.807, 2.05) is 18.2 Å². The van der Waals surface area contributed by atoms with Gasteiger partial charge in [-0.1, -0.05) is 18.2 Å². The van der Waals surface area contributed by atoms with Gasteiger partial charge < -0.3 is 5.32 Å². The maximum Gasteiger partial charge on any atom is 0.247 e. The molecule has 28 heavy (non-hydrogen) atoms. The largest absolute Gasteiger partial charge is 0.307 e. The lowest BCUT2D eigenvalue weighted by Gasteiger charge is -2.06. The number of sulfone groups is 1. The molecule has 0 fully saturated rings. The summed E-state index contributed by atoms with van der Waals surface area (Å²) in [4.78, 5) is 4.22. The van der Waals surface area contributed by atoms with Crippen LogP contribution in [0.5, 0.6) is 0 Å². The lowest BCUT2D eigenvalue weighted by Crippen LogP contribution is -2.13. The molecule has 0 atom stereocenters. The highest BCUT2D eigenvalue weighted by atomic mass is 35.5. The first-order valence-electron chi connectivity index (χ1n) is 7.83. The summed E-state index contributed by atoms with van der Waals surface area (Å²) in [6.07, 6.45) is 1.72. The Hall–Kier alpha value is -1.82. The number of nitrogens with two attached hydrogens (primary N) is 1. The van der Waals surface area contributed by atoms with Crippen molar-refractivity contribution in [1.29, 1.82) is 0 Å². The average molecular weight is 460 g/mol. The minimum absolute atomic E-state index is 0. The third-order valence-corrected chi connectivity index (χ3v) is 8.02. The van der Waals surface area contributed by atoms with Crippen LogP contribution in [-0.4, -0.2) is 21.8 Å². The second-order valence-corrected chi connectivity index (χ2v) is 10.4. The normalized spacial score (nSPS) is 11.8. The molecule has 0 aliphatic rings. The van der Waals surface area contributed by atoms with Crippen molar-refractivity contribution in [2.45, 2.75) is 27.1 Å². The lowest BCUT2D eigenvalue weighted by molar-refractivity contribution is 0.596. The zero-order valence-electron chi connectivity index (χ0n) is 14.5. The fourth-order valence-corrected chi connectivity index (χ4v) is 5.66. The van der Waals surface area contributed by atoms with Crippen LogP contribution in [-0.2, 0) is 33.0 Å². The lowest BCUT2D eigenvalue weighted by atomic mass is 10.2. The standard InChI is InChI=1S/C17H17N3O4S3.ClH/c18-27(23,24)17-9-16(12-25-17)26(21,22)15-6-4-13(5-7-15)10-19-11-14-3-1-2-8-20-14;/h1-9,12,19H,10-11H2,(H2,18,23,24);1H. The van der Waals surface area contributed by atoms with Gasteiger partial charge in [0, 0.05) is 24.7 Å². The number of aromatic nitrogens is 1. The molecule has 0 saturated carbocycles. The first kappa shape index (κ1) is 22.5. The van der Waals surface area contributed by atoms with E-state index < -0.39 is 19.9 Å². The first-order chi connectivity index (χ1) is 12.8. The van der Waals surface area contributed by atoms with Gasteiger partial charge in [-0.15, -0.1) is 23.7 Å². The maximum atomic E-state index is 12.6. The molecule has 0 unspecified atom stereocenters. The maximum absolute atomic E-state index is 12.6. The van der Waals surface area contributed by atoms with Crippen LogP contribution in [0.2, 0.25) is 0 Å². The monoisotopic (exact) mass is 459 g/mol. The summed E-state index contributed by atoms with van der Waals surface area (Å²) < 4.78 is 47.8. The number of hydrogen-bond acceptors (Lipinski definition) is 7. The Balaban J connectivity index is 0.00000280. The third-order valence-electron chi connectivity index (χ3n) is 3.74. The van der Waals surface area contributed by atoms with E-state index in [9.17, 15) is 16.8 Å². The molecule has 0 aliphatic heterocycles. The van der Waals surface area contributed by atoms with Gasteiger partial charge in [0.15, 0.2) is 0 Å². The molecule has 11 heteroatoms. The van der Waals surface area contributed by atoms with Gasteiger partial charge in [-0.05, 0) is 35.9 Å². The van der Waals surface area contributed by atoms with Crippen molar-refractivity contribution in [1.82, 2.24) is 10.3 Å². The summed E-state index contributed by atoms with van der Waals surface area (Å²) in [7, 11) is -7.72. The van der Waals surface area contributed by atoms with Gasteiger partial charge in [0.1, 0.15) is 4.21 Å². The minimum Gasteiger partial charge on any atom is -0.307 e. The molecule has 7 nitrogen and oxygen atoms in total. The quantitative estimate of drug-likeness (QED) is 0.559. The highest BCUT2D eigenvalue weighted by molar-refractivity contribution is 7.92. The van der Waals surface area contributed by atoms with Crippen LogP contribution in [0, 0.1) is 0 Å². The van der Waals surface area contributed by atoms with Crippen molar-refractivity contribution in [2.24, 2.45) is 5.14 Å². The molecule has 0 aliphatic carbocycles. The van der Waals surface area contributed by atoms with Crippen LogP contribution >= 0.6 is 23.7 Å². The van der Waals surface area contributed by atoms with Crippen molar-refractivity contribution in [3.8, 4) is 0 Å². The highest BCUT2D eigenvalue weighted by Crippen LogP contribution is 2.27. The van der Waals surface area contributed by atoms with E-state index >= 15 is 0 Å². The average Bonchev–Trinajstić information content (AvgIpc) is 3.15. The summed E-state index contributed by atoms with van der Waals surface area (Å²) >= 11 is 0.782. The number of thiophene rings is 1. The second-order valence-electron chi connectivity index (χ2n) is 5.72. The van der Waals surface area contributed by atoms with Crippen molar-refractivity contribution in [3.05, 3.63) is 71.4 Å². The predicted molar refractivity (Wildman–Crippen MR) is 110 cm³/mol. The van der Waals surface area contributed by atoms with Gasteiger partial charge in [-0.2, -0.15) is 0 Å². The fourth-order valence-electron chi connectivity index (χ4n) is 2.35. The predicted octanol–water partition coefficient (Wildman–Crippen LogP) is 2.33. The van der Waals surface area contributed by atoms with Gasteiger partial charge in [-0.3, -0.25) is 4.98 Å². The number of nitrogens with zero attached hydrogens (tertiary/aromatic N) is 1. The molecule has 3 rings (SSSR count). The van der Waals surface area contributed by atoms with E-state index in [0.29, 0.717) is 13.1 Å². The van der Waals surface area contributed by atoms with Crippen molar-refractivity contribution < 1.29 is 16.8 Å². The van der Waals surface area contributed by atoms with Crippen LogP contribution in [0.3, 0.4) is 0 Å². The van der Waals surface area contributed by atoms with Gasteiger partial charge in [0.25, 0.3) is 0 Å². The second kappa shape index (κ2) is 9.12. The number of pyridine rings is 1. The molecule has 0 saturated heterocycles. The van der Waals surface area contributed by atoms with Crippen LogP contribution in [0.15, 0.2) is 74.1 Å². The molecular formula is C17H18ClN3O4S3. The Labute approximate surface area is 174 Å². The van der Waals surface area contributed by atoms with Crippen molar-refractivity contribution in [3.63, 3.8) is 0 Å². The van der Waals surface area contributed by atoms with E-state index in [4.69, 9.17) is 5.14 Å². The molecule has 1 aromatic carbocycles. The number of rotatable bonds is 7. The summed E-state index contributed by atoms with van der Waals surface area (Å²) in [6.45, 7) is 1.16. The van der Waals surface area contributed by atoms with E-state index in [-0.39, 0.29) is 26.4 Å². The Morgan fingerprint density at radius 2 is 1.68 bits per heavy atom. The number of sulfonamides is 1. The number of halogens is 1. The SMILES string of the molecule is Cl.NS(=O)(=O)c1cc(S(=O)(=O)c2ccc(CNCc3ccccn3)cc2)cs1. The molecular weight excluding hydrogens is 442 g/mol. The van der Waals surface area contributed by atoms with E-state index in [2.05, 4.69) is 10.3 Å². The third kappa shape index (κ3) is 5.37. The Morgan fingerprint density at radius 3 is 2.25 bits per heavy atom. The highest BCUT2D eigenvalue weighted by Gasteiger charge is 2.22. The van der Waals surface area contributed by atoms with Crippen molar-refractivity contribution in [2.75, 3.05) is 0 Å². The fraction of sp³-hybridized carbons (Fsp3) is 0.118. The summed E-state index contributed by atoms with van der Waals surface area (Å²) in [5.74, 6) is 0. The van der Waals surface area contributed by atoms with Crippen LogP contribution in [0.25, 0.3) is 0 Å². The summed E-state index contributed by atoms with van der Waals surface area (Å²) in [6, 6.07) is 13.2. The zero-order valence-corrected chi connectivity index (χ0v) is 17.7. The molecule has 3 N–H and O–H groups in total. The Bertz CT molecular complexity index is 1130. The summed E-state index contributed by atoms with van der Waals surface area (Å²) in [5, 5.41) is 9.55. The molecule has 2 aromatic heterocycles. The topological polar surface area (TPSA) is 119 Å². The molecule has 0 bridgehead atoms. The number of nitrogens with one attached hydrogen (secondary N) is 1. The molecule has 0 spiro atoms. The van der Waals surface area contributed by atoms with Gasteiger partial charge in [-0.25, -0.2) is 22.0 Å². The molecule has 2 heterocycles. The zero-order chi connectivity index (χ0) is 19.5.